The van der Waals surface area contributed by atoms with Crippen LogP contribution >= 0.6 is 0 Å². The minimum absolute atomic E-state index is 0.0130. The summed E-state index contributed by atoms with van der Waals surface area (Å²) in [6.07, 6.45) is 7.36. The molecule has 1 N–H and O–H groups in total. The number of pyridine rings is 1. The van der Waals surface area contributed by atoms with Gasteiger partial charge in [0.05, 0.1) is 40.7 Å². The fraction of sp³-hybridized carbons (Fsp3) is 0.400. The predicted molar refractivity (Wildman–Crippen MR) is 113 cm³/mol. The predicted octanol–water partition coefficient (Wildman–Crippen LogP) is 2.51. The van der Waals surface area contributed by atoms with Gasteiger partial charge in [-0.25, -0.2) is 13.1 Å². The van der Waals surface area contributed by atoms with Crippen LogP contribution in [0.25, 0.3) is 5.69 Å². The molecule has 1 aliphatic rings. The van der Waals surface area contributed by atoms with E-state index in [0.29, 0.717) is 23.5 Å². The summed E-state index contributed by atoms with van der Waals surface area (Å²) in [6.45, 7) is 5.78. The average Bonchev–Trinajstić information content (AvgIpc) is 3.39. The lowest BCUT2D eigenvalue weighted by molar-refractivity contribution is 0.102. The molecule has 0 spiro atoms. The molecule has 1 atom stereocenters. The van der Waals surface area contributed by atoms with E-state index in [0.717, 1.165) is 11.3 Å². The molecule has 9 nitrogen and oxygen atoms in total. The first-order valence-electron chi connectivity index (χ1n) is 9.81. The van der Waals surface area contributed by atoms with Gasteiger partial charge in [0.15, 0.2) is 15.7 Å². The van der Waals surface area contributed by atoms with E-state index in [1.807, 2.05) is 39.1 Å². The molecule has 4 rings (SSSR count). The van der Waals surface area contributed by atoms with Gasteiger partial charge in [-0.1, -0.05) is 13.8 Å². The molecule has 158 valence electrons. The molecule has 0 aliphatic carbocycles. The number of carbonyl (C=O) groups excluding carboxylic acids is 1. The number of carbonyl (C=O) groups is 1. The van der Waals surface area contributed by atoms with Gasteiger partial charge in [0.1, 0.15) is 0 Å². The van der Waals surface area contributed by atoms with E-state index in [-0.39, 0.29) is 29.4 Å². The summed E-state index contributed by atoms with van der Waals surface area (Å²) in [5, 5.41) is 11.9. The second-order valence-electron chi connectivity index (χ2n) is 7.89. The Morgan fingerprint density at radius 1 is 1.27 bits per heavy atom. The third-order valence-electron chi connectivity index (χ3n) is 5.17. The Morgan fingerprint density at radius 3 is 2.70 bits per heavy atom. The molecule has 10 heteroatoms. The molecular weight excluding hydrogens is 404 g/mol. The molecule has 0 radical (unpaired) electrons. The van der Waals surface area contributed by atoms with E-state index in [1.54, 1.807) is 28.0 Å². The summed E-state index contributed by atoms with van der Waals surface area (Å²) in [5.74, 6) is 0.363. The zero-order chi connectivity index (χ0) is 21.5. The van der Waals surface area contributed by atoms with Crippen LogP contribution in [0.1, 0.15) is 53.8 Å². The lowest BCUT2D eigenvalue weighted by atomic mass is 10.1. The molecule has 3 aromatic heterocycles. The zero-order valence-electron chi connectivity index (χ0n) is 17.1. The van der Waals surface area contributed by atoms with E-state index in [4.69, 9.17) is 0 Å². The molecule has 0 aromatic carbocycles. The number of hydrogen-bond donors (Lipinski definition) is 1. The normalized spacial score (nSPS) is 18.1. The van der Waals surface area contributed by atoms with Crippen molar-refractivity contribution in [2.45, 2.75) is 39.2 Å². The largest absolute Gasteiger partial charge is 0.305 e. The van der Waals surface area contributed by atoms with Crippen molar-refractivity contribution < 1.29 is 13.2 Å². The maximum absolute atomic E-state index is 13.0. The Bertz CT molecular complexity index is 1180. The van der Waals surface area contributed by atoms with Crippen LogP contribution in [0, 0.1) is 6.92 Å². The van der Waals surface area contributed by atoms with Crippen LogP contribution in [0.5, 0.6) is 0 Å². The number of nitrogens with one attached hydrogen (secondary N) is 1. The molecular formula is C20H24N6O3S. The van der Waals surface area contributed by atoms with Crippen molar-refractivity contribution in [1.29, 1.82) is 0 Å². The van der Waals surface area contributed by atoms with E-state index < -0.39 is 9.84 Å². The third-order valence-corrected chi connectivity index (χ3v) is 6.92. The Labute approximate surface area is 175 Å². The van der Waals surface area contributed by atoms with E-state index in [1.165, 1.54) is 0 Å². The number of rotatable bonds is 5. The minimum Gasteiger partial charge on any atom is -0.305 e. The van der Waals surface area contributed by atoms with Crippen molar-refractivity contribution in [2.75, 3.05) is 16.8 Å². The molecule has 1 aliphatic heterocycles. The van der Waals surface area contributed by atoms with Gasteiger partial charge in [0, 0.05) is 24.2 Å². The SMILES string of the molecule is Cc1cn(-c2cccnc2)nc1NC(=O)c1cn(C2CCS(=O)(=O)C2)nc1C(C)C. The Morgan fingerprint density at radius 2 is 2.07 bits per heavy atom. The van der Waals surface area contributed by atoms with Crippen LogP contribution in [-0.4, -0.2) is 50.4 Å². The number of sulfone groups is 1. The first kappa shape index (κ1) is 20.3. The van der Waals surface area contributed by atoms with Crippen LogP contribution in [0.3, 0.4) is 0 Å². The molecule has 1 unspecified atom stereocenters. The number of nitrogens with zero attached hydrogens (tertiary/aromatic N) is 5. The maximum atomic E-state index is 13.0. The quantitative estimate of drug-likeness (QED) is 0.668. The molecule has 0 saturated carbocycles. The molecule has 4 heterocycles. The molecule has 1 fully saturated rings. The monoisotopic (exact) mass is 428 g/mol. The van der Waals surface area contributed by atoms with E-state index in [2.05, 4.69) is 20.5 Å². The number of amides is 1. The van der Waals surface area contributed by atoms with Crippen molar-refractivity contribution in [2.24, 2.45) is 0 Å². The molecule has 0 bridgehead atoms. The van der Waals surface area contributed by atoms with Crippen molar-refractivity contribution in [1.82, 2.24) is 24.5 Å². The van der Waals surface area contributed by atoms with E-state index >= 15 is 0 Å². The van der Waals surface area contributed by atoms with Gasteiger partial charge in [0.25, 0.3) is 5.91 Å². The Hall–Kier alpha value is -3.01. The van der Waals surface area contributed by atoms with Gasteiger partial charge >= 0.3 is 0 Å². The summed E-state index contributed by atoms with van der Waals surface area (Å²) >= 11 is 0. The van der Waals surface area contributed by atoms with Crippen LogP contribution in [0.4, 0.5) is 5.82 Å². The second kappa shape index (κ2) is 7.67. The highest BCUT2D eigenvalue weighted by atomic mass is 32.2. The highest BCUT2D eigenvalue weighted by Crippen LogP contribution is 2.27. The smallest absolute Gasteiger partial charge is 0.260 e. The van der Waals surface area contributed by atoms with Crippen molar-refractivity contribution >= 4 is 21.6 Å². The number of anilines is 1. The first-order valence-corrected chi connectivity index (χ1v) is 11.6. The zero-order valence-corrected chi connectivity index (χ0v) is 17.9. The summed E-state index contributed by atoms with van der Waals surface area (Å²) in [7, 11) is -3.04. The summed E-state index contributed by atoms with van der Waals surface area (Å²) < 4.78 is 27.0. The van der Waals surface area contributed by atoms with Crippen LogP contribution in [0.15, 0.2) is 36.9 Å². The Kier molecular flexibility index (Phi) is 5.19. The fourth-order valence-electron chi connectivity index (χ4n) is 3.56. The van der Waals surface area contributed by atoms with Crippen molar-refractivity contribution in [3.05, 3.63) is 53.7 Å². The number of hydrogen-bond acceptors (Lipinski definition) is 6. The van der Waals surface area contributed by atoms with Gasteiger partial charge in [0.2, 0.25) is 0 Å². The van der Waals surface area contributed by atoms with Crippen molar-refractivity contribution in [3.8, 4) is 5.69 Å². The van der Waals surface area contributed by atoms with Gasteiger partial charge in [-0.3, -0.25) is 14.5 Å². The lowest BCUT2D eigenvalue weighted by Gasteiger charge is -2.07. The third kappa shape index (κ3) is 4.00. The van der Waals surface area contributed by atoms with Gasteiger partial charge in [-0.15, -0.1) is 5.10 Å². The fourth-order valence-corrected chi connectivity index (χ4v) is 5.26. The van der Waals surface area contributed by atoms with Crippen LogP contribution in [-0.2, 0) is 9.84 Å². The Balaban J connectivity index is 1.60. The highest BCUT2D eigenvalue weighted by Gasteiger charge is 2.31. The van der Waals surface area contributed by atoms with E-state index in [9.17, 15) is 13.2 Å². The van der Waals surface area contributed by atoms with Gasteiger partial charge < -0.3 is 5.32 Å². The van der Waals surface area contributed by atoms with Gasteiger partial charge in [-0.2, -0.15) is 5.10 Å². The molecule has 1 amide bonds. The highest BCUT2D eigenvalue weighted by molar-refractivity contribution is 7.91. The standard InChI is InChI=1S/C20H24N6O3S/c1-13(2)18-17(11-26(23-18)16-6-8-30(28,29)12-16)20(27)22-19-14(3)10-25(24-19)15-5-4-7-21-9-15/h4-5,7,9-11,13,16H,6,8,12H2,1-3H3,(H,22,24,27). The molecule has 3 aromatic rings. The minimum atomic E-state index is -3.04. The lowest BCUT2D eigenvalue weighted by Crippen LogP contribution is -2.15. The van der Waals surface area contributed by atoms with Crippen LogP contribution in [0.2, 0.25) is 0 Å². The average molecular weight is 429 g/mol. The summed E-state index contributed by atoms with van der Waals surface area (Å²) in [5.41, 5.74) is 2.68. The maximum Gasteiger partial charge on any atom is 0.260 e. The molecule has 1 saturated heterocycles. The second-order valence-corrected chi connectivity index (χ2v) is 10.1. The van der Waals surface area contributed by atoms with Gasteiger partial charge in [-0.05, 0) is 31.4 Å². The first-order chi connectivity index (χ1) is 14.2. The number of aromatic nitrogens is 5. The summed E-state index contributed by atoms with van der Waals surface area (Å²) in [6, 6.07) is 3.46. The number of aryl methyl sites for hydroxylation is 1. The molecule has 30 heavy (non-hydrogen) atoms. The topological polar surface area (TPSA) is 112 Å². The van der Waals surface area contributed by atoms with Crippen LogP contribution < -0.4 is 5.32 Å². The summed E-state index contributed by atoms with van der Waals surface area (Å²) in [4.78, 5) is 17.1. The van der Waals surface area contributed by atoms with Crippen molar-refractivity contribution in [3.63, 3.8) is 0 Å².